The number of carbonyl (C=O) groups excluding carboxylic acids is 1. The van der Waals surface area contributed by atoms with Crippen LogP contribution in [-0.4, -0.2) is 59.6 Å². The smallest absolute Gasteiger partial charge is 0.392 e. The monoisotopic (exact) mass is 297 g/mol. The van der Waals surface area contributed by atoms with Crippen LogP contribution in [0.2, 0.25) is 0 Å². The minimum Gasteiger partial charge on any atom is -0.392 e. The molecule has 0 aromatic rings. The number of carbonyl (C=O) groups is 1. The summed E-state index contributed by atoms with van der Waals surface area (Å²) in [5, 5.41) is 0. The van der Waals surface area contributed by atoms with Crippen molar-refractivity contribution in [2.45, 2.75) is 20.0 Å². The van der Waals surface area contributed by atoms with Crippen LogP contribution >= 0.6 is 12.2 Å². The molecular weight excluding hydrogens is 279 g/mol. The van der Waals surface area contributed by atoms with Crippen LogP contribution in [0.5, 0.6) is 0 Å². The maximum absolute atomic E-state index is 12.2. The van der Waals surface area contributed by atoms with Gasteiger partial charge in [0.25, 0.3) is 0 Å². The fourth-order valence-corrected chi connectivity index (χ4v) is 1.95. The Morgan fingerprint density at radius 2 is 1.68 bits per heavy atom. The van der Waals surface area contributed by atoms with Crippen molar-refractivity contribution < 1.29 is 18.0 Å². The molecule has 1 aliphatic rings. The summed E-state index contributed by atoms with van der Waals surface area (Å²) < 4.78 is 36.7. The maximum atomic E-state index is 12.2. The van der Waals surface area contributed by atoms with Gasteiger partial charge in [-0.15, -0.1) is 0 Å². The molecule has 0 aliphatic carbocycles. The zero-order valence-corrected chi connectivity index (χ0v) is 11.8. The van der Waals surface area contributed by atoms with Crippen molar-refractivity contribution in [1.82, 2.24) is 9.80 Å². The number of alkyl halides is 3. The van der Waals surface area contributed by atoms with Gasteiger partial charge in [0.1, 0.15) is 0 Å². The molecule has 4 nitrogen and oxygen atoms in total. The van der Waals surface area contributed by atoms with Crippen molar-refractivity contribution in [2.24, 2.45) is 11.1 Å². The average Bonchev–Trinajstić information content (AvgIpc) is 2.26. The fraction of sp³-hybridized carbons (Fsp3) is 0.818. The number of halogens is 3. The van der Waals surface area contributed by atoms with Crippen molar-refractivity contribution in [3.8, 4) is 0 Å². The van der Waals surface area contributed by atoms with Gasteiger partial charge in [0.05, 0.1) is 16.9 Å². The Morgan fingerprint density at radius 1 is 1.21 bits per heavy atom. The third kappa shape index (κ3) is 4.31. The van der Waals surface area contributed by atoms with Gasteiger partial charge in [-0.3, -0.25) is 9.69 Å². The van der Waals surface area contributed by atoms with Crippen LogP contribution < -0.4 is 5.73 Å². The minimum absolute atomic E-state index is 0.0928. The fourth-order valence-electron chi connectivity index (χ4n) is 1.86. The topological polar surface area (TPSA) is 49.6 Å². The number of amides is 1. The van der Waals surface area contributed by atoms with Crippen LogP contribution in [0.3, 0.4) is 0 Å². The van der Waals surface area contributed by atoms with E-state index in [1.807, 2.05) is 0 Å². The van der Waals surface area contributed by atoms with E-state index in [1.165, 1.54) is 9.80 Å². The summed E-state index contributed by atoms with van der Waals surface area (Å²) in [6, 6.07) is 0. The summed E-state index contributed by atoms with van der Waals surface area (Å²) in [5.74, 6) is -0.230. The number of nitrogens with zero attached hydrogens (tertiary/aromatic N) is 2. The van der Waals surface area contributed by atoms with Crippen molar-refractivity contribution in [3.63, 3.8) is 0 Å². The predicted molar refractivity (Wildman–Crippen MR) is 69.6 cm³/mol. The zero-order chi connectivity index (χ0) is 14.8. The molecule has 8 heteroatoms. The first-order valence-electron chi connectivity index (χ1n) is 5.92. The second-order valence-electron chi connectivity index (χ2n) is 5.17. The van der Waals surface area contributed by atoms with Gasteiger partial charge >= 0.3 is 6.18 Å². The Labute approximate surface area is 115 Å². The van der Waals surface area contributed by atoms with Gasteiger partial charge in [-0.05, 0) is 13.8 Å². The summed E-state index contributed by atoms with van der Waals surface area (Å²) in [6.07, 6.45) is -4.20. The minimum atomic E-state index is -4.20. The number of nitrogens with two attached hydrogens (primary N) is 1. The molecule has 1 rings (SSSR count). The van der Waals surface area contributed by atoms with Crippen LogP contribution in [-0.2, 0) is 4.79 Å². The van der Waals surface area contributed by atoms with E-state index in [0.29, 0.717) is 0 Å². The molecule has 0 unspecified atom stereocenters. The van der Waals surface area contributed by atoms with E-state index in [-0.39, 0.29) is 37.1 Å². The predicted octanol–water partition coefficient (Wildman–Crippen LogP) is 1.01. The Morgan fingerprint density at radius 3 is 2.05 bits per heavy atom. The molecule has 0 aromatic heterocycles. The molecule has 0 aromatic carbocycles. The highest BCUT2D eigenvalue weighted by Crippen LogP contribution is 2.22. The molecule has 1 saturated heterocycles. The lowest BCUT2D eigenvalue weighted by Gasteiger charge is -2.38. The lowest BCUT2D eigenvalue weighted by atomic mass is 9.91. The standard InChI is InChI=1S/C11H18F3N3OS/c1-10(2,8(15)19)9(18)17-5-3-16(4-6-17)7-11(12,13)14/h3-7H2,1-2H3,(H2,15,19). The van der Waals surface area contributed by atoms with Crippen LogP contribution in [0.15, 0.2) is 0 Å². The Hall–Kier alpha value is -0.890. The number of thiocarbonyl (C=S) groups is 1. The van der Waals surface area contributed by atoms with Gasteiger partial charge in [-0.25, -0.2) is 0 Å². The first kappa shape index (κ1) is 16.2. The third-order valence-corrected chi connectivity index (χ3v) is 3.72. The van der Waals surface area contributed by atoms with Crippen LogP contribution in [0.25, 0.3) is 0 Å². The molecule has 0 atom stereocenters. The normalized spacial score (nSPS) is 18.5. The van der Waals surface area contributed by atoms with E-state index < -0.39 is 18.1 Å². The number of rotatable bonds is 3. The maximum Gasteiger partial charge on any atom is 0.401 e. The first-order valence-corrected chi connectivity index (χ1v) is 6.33. The van der Waals surface area contributed by atoms with Gasteiger partial charge < -0.3 is 10.6 Å². The first-order chi connectivity index (χ1) is 8.54. The van der Waals surface area contributed by atoms with E-state index in [1.54, 1.807) is 13.8 Å². The number of hydrogen-bond donors (Lipinski definition) is 1. The molecule has 0 bridgehead atoms. The summed E-state index contributed by atoms with van der Waals surface area (Å²) in [4.78, 5) is 15.1. The van der Waals surface area contributed by atoms with E-state index in [0.717, 1.165) is 0 Å². The molecular formula is C11H18F3N3OS. The van der Waals surface area contributed by atoms with E-state index >= 15 is 0 Å². The van der Waals surface area contributed by atoms with Gasteiger partial charge in [0.2, 0.25) is 5.91 Å². The molecule has 0 spiro atoms. The van der Waals surface area contributed by atoms with Crippen LogP contribution in [0.1, 0.15) is 13.8 Å². The molecule has 1 heterocycles. The highest BCUT2D eigenvalue weighted by molar-refractivity contribution is 7.80. The van der Waals surface area contributed by atoms with Crippen molar-refractivity contribution in [1.29, 1.82) is 0 Å². The van der Waals surface area contributed by atoms with Gasteiger partial charge in [-0.2, -0.15) is 13.2 Å². The second kappa shape index (κ2) is 5.62. The Bertz CT molecular complexity index is 363. The highest BCUT2D eigenvalue weighted by Gasteiger charge is 2.37. The average molecular weight is 297 g/mol. The molecule has 19 heavy (non-hydrogen) atoms. The van der Waals surface area contributed by atoms with Crippen molar-refractivity contribution in [2.75, 3.05) is 32.7 Å². The lowest BCUT2D eigenvalue weighted by Crippen LogP contribution is -2.55. The molecule has 0 radical (unpaired) electrons. The largest absolute Gasteiger partial charge is 0.401 e. The molecule has 1 amide bonds. The van der Waals surface area contributed by atoms with Crippen LogP contribution in [0.4, 0.5) is 13.2 Å². The Balaban J connectivity index is 2.55. The van der Waals surface area contributed by atoms with Gasteiger partial charge in [0, 0.05) is 26.2 Å². The summed E-state index contributed by atoms with van der Waals surface area (Å²) in [5.41, 5.74) is 4.56. The van der Waals surface area contributed by atoms with E-state index in [9.17, 15) is 18.0 Å². The van der Waals surface area contributed by atoms with Gasteiger partial charge in [-0.1, -0.05) is 12.2 Å². The zero-order valence-electron chi connectivity index (χ0n) is 11.0. The third-order valence-electron chi connectivity index (χ3n) is 3.21. The van der Waals surface area contributed by atoms with Gasteiger partial charge in [0.15, 0.2) is 0 Å². The SMILES string of the molecule is CC(C)(C(=O)N1CCN(CC(F)(F)F)CC1)C(N)=S. The van der Waals surface area contributed by atoms with E-state index in [4.69, 9.17) is 18.0 Å². The second-order valence-corrected chi connectivity index (χ2v) is 5.61. The molecule has 0 saturated carbocycles. The molecule has 110 valence electrons. The summed E-state index contributed by atoms with van der Waals surface area (Å²) in [6.45, 7) is 3.26. The summed E-state index contributed by atoms with van der Waals surface area (Å²) in [7, 11) is 0. The Kier molecular flexibility index (Phi) is 4.78. The van der Waals surface area contributed by atoms with Crippen LogP contribution in [0, 0.1) is 5.41 Å². The van der Waals surface area contributed by atoms with Crippen molar-refractivity contribution >= 4 is 23.1 Å². The number of hydrogen-bond acceptors (Lipinski definition) is 3. The molecule has 1 fully saturated rings. The quantitative estimate of drug-likeness (QED) is 0.790. The lowest BCUT2D eigenvalue weighted by molar-refractivity contribution is -0.153. The van der Waals surface area contributed by atoms with E-state index in [2.05, 4.69) is 0 Å². The highest BCUT2D eigenvalue weighted by atomic mass is 32.1. The van der Waals surface area contributed by atoms with Crippen molar-refractivity contribution in [3.05, 3.63) is 0 Å². The molecule has 1 aliphatic heterocycles. The molecule has 2 N–H and O–H groups in total. The number of piperazine rings is 1. The summed E-state index contributed by atoms with van der Waals surface area (Å²) >= 11 is 4.84.